The first-order valence-electron chi connectivity index (χ1n) is 12.9. The van der Waals surface area contributed by atoms with E-state index in [0.717, 1.165) is 5.56 Å². The number of thioether (sulfide) groups is 2. The summed E-state index contributed by atoms with van der Waals surface area (Å²) >= 11 is 9.19. The van der Waals surface area contributed by atoms with Crippen LogP contribution in [-0.2, 0) is 22.7 Å². The smallest absolute Gasteiger partial charge is 0.345 e. The van der Waals surface area contributed by atoms with Crippen LogP contribution in [0.1, 0.15) is 21.6 Å². The first kappa shape index (κ1) is 27.6. The van der Waals surface area contributed by atoms with E-state index in [4.69, 9.17) is 21.0 Å². The van der Waals surface area contributed by atoms with Crippen molar-refractivity contribution >= 4 is 46.9 Å². The number of nitrogens with zero attached hydrogens (tertiary/aromatic N) is 3. The number of Topliss-reactive ketones (excluding diaryl/α,β-unsaturated/α-hetero) is 1. The van der Waals surface area contributed by atoms with E-state index in [1.165, 1.54) is 11.8 Å². The standard InChI is InChI=1S/C30H24ClN3O5S2/c31-22-13-11-21(12-14-22)28(35)26-24-17-40-25(33(24)15-19-7-3-1-4-8-19)18-41-29(26)30(36)38-16-23-27(32-39-34(23)37)20-9-5-2-6-10-20/h1-14,24-25H,15-18H2. The summed E-state index contributed by atoms with van der Waals surface area (Å²) in [5.41, 5.74) is 2.97. The van der Waals surface area contributed by atoms with E-state index in [1.54, 1.807) is 48.2 Å². The molecule has 11 heteroatoms. The number of carbonyl (C=O) groups excluding carboxylic acids is 2. The lowest BCUT2D eigenvalue weighted by molar-refractivity contribution is -0.808. The molecule has 2 bridgehead atoms. The Morgan fingerprint density at radius 3 is 2.46 bits per heavy atom. The molecule has 1 aromatic heterocycles. The summed E-state index contributed by atoms with van der Waals surface area (Å²) in [4.78, 5) is 30.5. The molecular weight excluding hydrogens is 582 g/mol. The molecule has 0 aliphatic carbocycles. The predicted molar refractivity (Wildman–Crippen MR) is 158 cm³/mol. The van der Waals surface area contributed by atoms with Crippen LogP contribution < -0.4 is 4.90 Å². The van der Waals surface area contributed by atoms with Gasteiger partial charge in [0.05, 0.1) is 11.4 Å². The molecule has 208 valence electrons. The first-order valence-corrected chi connectivity index (χ1v) is 15.3. The van der Waals surface area contributed by atoms with Crippen molar-refractivity contribution in [3.8, 4) is 11.3 Å². The van der Waals surface area contributed by atoms with E-state index in [0.29, 0.717) is 39.8 Å². The molecule has 0 amide bonds. The van der Waals surface area contributed by atoms with Gasteiger partial charge < -0.3 is 9.94 Å². The van der Waals surface area contributed by atoms with Crippen LogP contribution in [0.4, 0.5) is 0 Å². The number of ketones is 1. The molecule has 3 aromatic carbocycles. The number of hydrogen-bond donors (Lipinski definition) is 0. The number of hydrogen-bond acceptors (Lipinski definition) is 9. The van der Waals surface area contributed by atoms with Gasteiger partial charge in [-0.05, 0) is 34.7 Å². The Morgan fingerprint density at radius 1 is 1.02 bits per heavy atom. The molecule has 0 radical (unpaired) electrons. The Hall–Kier alpha value is -3.57. The molecule has 2 aliphatic rings. The lowest BCUT2D eigenvalue weighted by Crippen LogP contribution is -2.39. The third-order valence-electron chi connectivity index (χ3n) is 7.00. The topological polar surface area (TPSA) is 99.6 Å². The molecule has 3 heterocycles. The normalized spacial score (nSPS) is 18.8. The van der Waals surface area contributed by atoms with Crippen LogP contribution in [0.15, 0.2) is 100 Å². The van der Waals surface area contributed by atoms with Crippen molar-refractivity contribution in [1.82, 2.24) is 10.1 Å². The van der Waals surface area contributed by atoms with Gasteiger partial charge in [0, 0.05) is 44.9 Å². The SMILES string of the molecule is O=C(OCc1c(-c2ccccc2)no[n+]1[O-])C1=C(C(=O)c2ccc(Cl)cc2)C2CSC(CS1)N2Cc1ccccc1. The van der Waals surface area contributed by atoms with Crippen molar-refractivity contribution < 1.29 is 23.9 Å². The molecule has 6 rings (SSSR count). The summed E-state index contributed by atoms with van der Waals surface area (Å²) in [5, 5.41) is 16.8. The highest BCUT2D eigenvalue weighted by Crippen LogP contribution is 2.44. The van der Waals surface area contributed by atoms with Crippen LogP contribution in [0.25, 0.3) is 11.3 Å². The lowest BCUT2D eigenvalue weighted by Gasteiger charge is -2.28. The van der Waals surface area contributed by atoms with Crippen molar-refractivity contribution in [2.45, 2.75) is 24.6 Å². The van der Waals surface area contributed by atoms with Crippen LogP contribution >= 0.6 is 35.1 Å². The Labute approximate surface area is 249 Å². The Kier molecular flexibility index (Phi) is 8.16. The monoisotopic (exact) mass is 605 g/mol. The second kappa shape index (κ2) is 12.1. The molecular formula is C30H24ClN3O5S2. The summed E-state index contributed by atoms with van der Waals surface area (Å²) in [6, 6.07) is 25.5. The van der Waals surface area contributed by atoms with Crippen LogP contribution in [0.3, 0.4) is 0 Å². The highest BCUT2D eigenvalue weighted by molar-refractivity contribution is 8.06. The van der Waals surface area contributed by atoms with Gasteiger partial charge in [-0.1, -0.05) is 72.3 Å². The minimum absolute atomic E-state index is 0.0668. The van der Waals surface area contributed by atoms with Crippen molar-refractivity contribution in [1.29, 1.82) is 0 Å². The number of rotatable bonds is 8. The van der Waals surface area contributed by atoms with Gasteiger partial charge in [-0.3, -0.25) is 14.3 Å². The third kappa shape index (κ3) is 5.78. The van der Waals surface area contributed by atoms with Crippen molar-refractivity contribution in [3.63, 3.8) is 0 Å². The number of esters is 1. The molecule has 0 spiro atoms. The largest absolute Gasteiger partial charge is 0.453 e. The molecule has 41 heavy (non-hydrogen) atoms. The Bertz CT molecular complexity index is 1600. The van der Waals surface area contributed by atoms with Crippen molar-refractivity contribution in [2.75, 3.05) is 11.5 Å². The Balaban J connectivity index is 1.34. The molecule has 0 saturated carbocycles. The molecule has 0 N–H and O–H groups in total. The maximum absolute atomic E-state index is 14.1. The van der Waals surface area contributed by atoms with Gasteiger partial charge in [0.15, 0.2) is 12.4 Å². The fraction of sp³-hybridized carbons (Fsp3) is 0.200. The highest BCUT2D eigenvalue weighted by Gasteiger charge is 2.44. The van der Waals surface area contributed by atoms with E-state index in [1.807, 2.05) is 36.4 Å². The maximum Gasteiger partial charge on any atom is 0.345 e. The zero-order chi connectivity index (χ0) is 28.3. The fourth-order valence-electron chi connectivity index (χ4n) is 4.96. The van der Waals surface area contributed by atoms with E-state index in [9.17, 15) is 14.8 Å². The van der Waals surface area contributed by atoms with Crippen molar-refractivity contribution in [3.05, 3.63) is 122 Å². The molecule has 8 nitrogen and oxygen atoms in total. The van der Waals surface area contributed by atoms with Gasteiger partial charge in [0.2, 0.25) is 5.69 Å². The van der Waals surface area contributed by atoms with E-state index < -0.39 is 5.97 Å². The van der Waals surface area contributed by atoms with Crippen LogP contribution in [0.2, 0.25) is 5.02 Å². The summed E-state index contributed by atoms with van der Waals surface area (Å²) in [7, 11) is 0. The number of ether oxygens (including phenoxy) is 1. The molecule has 2 aliphatic heterocycles. The second-order valence-corrected chi connectivity index (χ2v) is 12.2. The zero-order valence-electron chi connectivity index (χ0n) is 21.6. The predicted octanol–water partition coefficient (Wildman–Crippen LogP) is 5.50. The van der Waals surface area contributed by atoms with Gasteiger partial charge in [0.1, 0.15) is 4.91 Å². The van der Waals surface area contributed by atoms with Gasteiger partial charge in [0.25, 0.3) is 5.69 Å². The van der Waals surface area contributed by atoms with E-state index in [2.05, 4.69) is 22.2 Å². The zero-order valence-corrected chi connectivity index (χ0v) is 24.0. The molecule has 1 fully saturated rings. The number of fused-ring (bicyclic) bond motifs is 2. The second-order valence-electron chi connectivity index (χ2n) is 9.52. The number of halogens is 1. The summed E-state index contributed by atoms with van der Waals surface area (Å²) in [6.07, 6.45) is 0. The summed E-state index contributed by atoms with van der Waals surface area (Å²) < 4.78 is 10.5. The van der Waals surface area contributed by atoms with Gasteiger partial charge >= 0.3 is 5.97 Å². The summed E-state index contributed by atoms with van der Waals surface area (Å²) in [5.74, 6) is 0.347. The quantitative estimate of drug-likeness (QED) is 0.146. The lowest BCUT2D eigenvalue weighted by atomic mass is 9.96. The Morgan fingerprint density at radius 2 is 1.73 bits per heavy atom. The summed E-state index contributed by atoms with van der Waals surface area (Å²) in [6.45, 7) is 0.278. The fourth-order valence-corrected chi connectivity index (χ4v) is 7.91. The minimum atomic E-state index is -0.662. The van der Waals surface area contributed by atoms with Gasteiger partial charge in [-0.2, -0.15) is 0 Å². The minimum Gasteiger partial charge on any atom is -0.453 e. The number of carbonyl (C=O) groups is 2. The first-order chi connectivity index (χ1) is 20.0. The van der Waals surface area contributed by atoms with E-state index in [-0.39, 0.29) is 45.0 Å². The van der Waals surface area contributed by atoms with E-state index >= 15 is 0 Å². The average molecular weight is 606 g/mol. The van der Waals surface area contributed by atoms with Crippen LogP contribution in [0, 0.1) is 5.21 Å². The van der Waals surface area contributed by atoms with Crippen LogP contribution in [-0.4, -0.2) is 44.7 Å². The highest BCUT2D eigenvalue weighted by atomic mass is 35.5. The number of benzene rings is 3. The van der Waals surface area contributed by atoms with Crippen LogP contribution in [0.5, 0.6) is 0 Å². The molecule has 1 saturated heterocycles. The van der Waals surface area contributed by atoms with Gasteiger partial charge in [-0.15, -0.1) is 23.5 Å². The maximum atomic E-state index is 14.1. The molecule has 2 atom stereocenters. The number of aromatic nitrogens is 2. The molecule has 2 unspecified atom stereocenters. The average Bonchev–Trinajstić information content (AvgIpc) is 3.51. The van der Waals surface area contributed by atoms with Gasteiger partial charge in [-0.25, -0.2) is 4.79 Å². The van der Waals surface area contributed by atoms with Crippen molar-refractivity contribution in [2.24, 2.45) is 0 Å². The molecule has 4 aromatic rings. The third-order valence-corrected chi connectivity index (χ3v) is 9.95.